The number of hydrogen-bond acceptors (Lipinski definition) is 3. The van der Waals surface area contributed by atoms with E-state index >= 15 is 0 Å². The minimum atomic E-state index is -0.224. The van der Waals surface area contributed by atoms with Crippen LogP contribution in [0.4, 0.5) is 11.4 Å². The van der Waals surface area contributed by atoms with Gasteiger partial charge < -0.3 is 10.6 Å². The van der Waals surface area contributed by atoms with Gasteiger partial charge in [-0.1, -0.05) is 13.0 Å². The van der Waals surface area contributed by atoms with Crippen LogP contribution in [0.2, 0.25) is 0 Å². The molecule has 0 aliphatic rings. The lowest BCUT2D eigenvalue weighted by Gasteiger charge is -2.08. The van der Waals surface area contributed by atoms with Crippen LogP contribution in [0.3, 0.4) is 0 Å². The average Bonchev–Trinajstić information content (AvgIpc) is 2.78. The van der Waals surface area contributed by atoms with Crippen molar-refractivity contribution in [3.05, 3.63) is 41.2 Å². The molecule has 21 heavy (non-hydrogen) atoms. The molecule has 0 saturated heterocycles. The molecule has 2 rings (SSSR count). The Bertz CT molecular complexity index is 657. The van der Waals surface area contributed by atoms with Gasteiger partial charge >= 0.3 is 0 Å². The highest BCUT2D eigenvalue weighted by atomic mass is 16.2. The number of amides is 2. The zero-order valence-electron chi connectivity index (χ0n) is 12.3. The number of nitrogens with one attached hydrogen (secondary N) is 3. The van der Waals surface area contributed by atoms with Gasteiger partial charge in [0.25, 0.3) is 5.91 Å². The molecule has 0 fully saturated rings. The molecule has 0 saturated carbocycles. The third-order valence-corrected chi connectivity index (χ3v) is 3.08. The maximum Gasteiger partial charge on any atom is 0.259 e. The highest BCUT2D eigenvalue weighted by molar-refractivity contribution is 6.06. The second-order valence-corrected chi connectivity index (χ2v) is 4.75. The number of carbonyl (C=O) groups is 2. The van der Waals surface area contributed by atoms with Crippen LogP contribution in [0, 0.1) is 13.8 Å². The highest BCUT2D eigenvalue weighted by Gasteiger charge is 2.15. The van der Waals surface area contributed by atoms with Gasteiger partial charge in [-0.25, -0.2) is 0 Å². The van der Waals surface area contributed by atoms with Crippen LogP contribution >= 0.6 is 0 Å². The Hall–Kier alpha value is -2.63. The molecule has 1 aromatic heterocycles. The Morgan fingerprint density at radius 1 is 1.19 bits per heavy atom. The molecule has 0 aliphatic heterocycles. The van der Waals surface area contributed by atoms with Gasteiger partial charge in [0, 0.05) is 23.5 Å². The number of nitrogens with zero attached hydrogens (tertiary/aromatic N) is 1. The van der Waals surface area contributed by atoms with Crippen molar-refractivity contribution in [2.24, 2.45) is 0 Å². The number of anilines is 2. The minimum absolute atomic E-state index is 0.0694. The van der Waals surface area contributed by atoms with Crippen molar-refractivity contribution < 1.29 is 9.59 Å². The van der Waals surface area contributed by atoms with Crippen molar-refractivity contribution in [3.63, 3.8) is 0 Å². The molecule has 2 aromatic rings. The van der Waals surface area contributed by atoms with Crippen LogP contribution in [0.25, 0.3) is 0 Å². The summed E-state index contributed by atoms with van der Waals surface area (Å²) in [6, 6.07) is 7.04. The Morgan fingerprint density at radius 2 is 1.86 bits per heavy atom. The maximum absolute atomic E-state index is 12.2. The fourth-order valence-electron chi connectivity index (χ4n) is 2.00. The number of aromatic amines is 1. The Kier molecular flexibility index (Phi) is 4.37. The Labute approximate surface area is 122 Å². The van der Waals surface area contributed by atoms with Gasteiger partial charge in [-0.2, -0.15) is 5.10 Å². The van der Waals surface area contributed by atoms with E-state index in [0.29, 0.717) is 29.1 Å². The Morgan fingerprint density at radius 3 is 2.43 bits per heavy atom. The molecule has 0 bridgehead atoms. The zero-order valence-corrected chi connectivity index (χ0v) is 12.3. The number of carbonyl (C=O) groups excluding carboxylic acids is 2. The molecular formula is C15H18N4O2. The largest absolute Gasteiger partial charge is 0.326 e. The van der Waals surface area contributed by atoms with Crippen molar-refractivity contribution in [3.8, 4) is 0 Å². The van der Waals surface area contributed by atoms with E-state index in [1.807, 2.05) is 0 Å². The first-order valence-corrected chi connectivity index (χ1v) is 6.74. The van der Waals surface area contributed by atoms with Crippen LogP contribution in [0.5, 0.6) is 0 Å². The topological polar surface area (TPSA) is 86.9 Å². The van der Waals surface area contributed by atoms with Gasteiger partial charge in [0.05, 0.1) is 11.3 Å². The van der Waals surface area contributed by atoms with E-state index in [0.717, 1.165) is 5.69 Å². The van der Waals surface area contributed by atoms with Crippen molar-refractivity contribution >= 4 is 23.2 Å². The number of aromatic nitrogens is 2. The first-order chi connectivity index (χ1) is 10.0. The third-order valence-electron chi connectivity index (χ3n) is 3.08. The van der Waals surface area contributed by atoms with E-state index in [9.17, 15) is 9.59 Å². The smallest absolute Gasteiger partial charge is 0.259 e. The van der Waals surface area contributed by atoms with E-state index in [1.165, 1.54) is 0 Å². The molecule has 0 spiro atoms. The molecule has 0 radical (unpaired) electrons. The van der Waals surface area contributed by atoms with Gasteiger partial charge in [0.1, 0.15) is 0 Å². The number of rotatable bonds is 4. The predicted octanol–water partition coefficient (Wildman–Crippen LogP) is 2.63. The highest BCUT2D eigenvalue weighted by Crippen LogP contribution is 2.18. The van der Waals surface area contributed by atoms with Crippen molar-refractivity contribution in [2.75, 3.05) is 10.6 Å². The lowest BCUT2D eigenvalue weighted by atomic mass is 10.2. The van der Waals surface area contributed by atoms with Gasteiger partial charge in [0.2, 0.25) is 5.91 Å². The van der Waals surface area contributed by atoms with Crippen molar-refractivity contribution in [2.45, 2.75) is 27.2 Å². The average molecular weight is 286 g/mol. The fraction of sp³-hybridized carbons (Fsp3) is 0.267. The van der Waals surface area contributed by atoms with E-state index in [1.54, 1.807) is 45.0 Å². The molecular weight excluding hydrogens is 268 g/mol. The number of benzene rings is 1. The summed E-state index contributed by atoms with van der Waals surface area (Å²) in [5.41, 5.74) is 3.19. The summed E-state index contributed by atoms with van der Waals surface area (Å²) in [6.45, 7) is 5.36. The van der Waals surface area contributed by atoms with E-state index in [4.69, 9.17) is 0 Å². The normalized spacial score (nSPS) is 10.2. The molecule has 0 unspecified atom stereocenters. The quantitative estimate of drug-likeness (QED) is 0.807. The van der Waals surface area contributed by atoms with Gasteiger partial charge in [-0.05, 0) is 32.0 Å². The molecule has 3 N–H and O–H groups in total. The molecule has 1 heterocycles. The fourth-order valence-corrected chi connectivity index (χ4v) is 2.00. The first-order valence-electron chi connectivity index (χ1n) is 6.74. The van der Waals surface area contributed by atoms with Crippen LogP contribution in [0.1, 0.15) is 35.1 Å². The molecule has 2 amide bonds. The number of H-pyrrole nitrogens is 1. The summed E-state index contributed by atoms with van der Waals surface area (Å²) in [7, 11) is 0. The second-order valence-electron chi connectivity index (χ2n) is 4.75. The summed E-state index contributed by atoms with van der Waals surface area (Å²) in [4.78, 5) is 23.6. The zero-order chi connectivity index (χ0) is 15.4. The molecule has 6 nitrogen and oxygen atoms in total. The van der Waals surface area contributed by atoms with Crippen molar-refractivity contribution in [1.82, 2.24) is 10.2 Å². The second kappa shape index (κ2) is 6.21. The molecule has 6 heteroatoms. The molecule has 0 atom stereocenters. The van der Waals surface area contributed by atoms with E-state index < -0.39 is 0 Å². The Balaban J connectivity index is 2.15. The number of hydrogen-bond donors (Lipinski definition) is 3. The summed E-state index contributed by atoms with van der Waals surface area (Å²) >= 11 is 0. The van der Waals surface area contributed by atoms with Gasteiger partial charge in [0.15, 0.2) is 0 Å². The van der Waals surface area contributed by atoms with E-state index in [-0.39, 0.29) is 11.8 Å². The molecule has 0 aliphatic carbocycles. The summed E-state index contributed by atoms with van der Waals surface area (Å²) < 4.78 is 0. The lowest BCUT2D eigenvalue weighted by Crippen LogP contribution is -2.14. The lowest BCUT2D eigenvalue weighted by molar-refractivity contribution is -0.115. The van der Waals surface area contributed by atoms with Crippen LogP contribution in [0.15, 0.2) is 24.3 Å². The predicted molar refractivity (Wildman–Crippen MR) is 81.4 cm³/mol. The van der Waals surface area contributed by atoms with Gasteiger partial charge in [-0.15, -0.1) is 0 Å². The SMILES string of the molecule is CCC(=O)Nc1cccc(NC(=O)c2c(C)n[nH]c2C)c1. The van der Waals surface area contributed by atoms with E-state index in [2.05, 4.69) is 20.8 Å². The summed E-state index contributed by atoms with van der Waals surface area (Å²) in [5.74, 6) is -0.294. The van der Waals surface area contributed by atoms with Crippen LogP contribution in [-0.4, -0.2) is 22.0 Å². The minimum Gasteiger partial charge on any atom is -0.326 e. The molecule has 110 valence electrons. The first kappa shape index (κ1) is 14.8. The monoisotopic (exact) mass is 286 g/mol. The maximum atomic E-state index is 12.2. The standard InChI is InChI=1S/C15H18N4O2/c1-4-13(20)16-11-6-5-7-12(8-11)17-15(21)14-9(2)18-19-10(14)3/h5-8H,4H2,1-3H3,(H,16,20)(H,17,21)(H,18,19). The van der Waals surface area contributed by atoms with Gasteiger partial charge in [-0.3, -0.25) is 14.7 Å². The molecule has 1 aromatic carbocycles. The summed E-state index contributed by atoms with van der Waals surface area (Å²) in [6.07, 6.45) is 0.407. The number of aryl methyl sites for hydroxylation is 2. The summed E-state index contributed by atoms with van der Waals surface area (Å²) in [5, 5.41) is 12.3. The third kappa shape index (κ3) is 3.47. The van der Waals surface area contributed by atoms with Crippen LogP contribution in [-0.2, 0) is 4.79 Å². The van der Waals surface area contributed by atoms with Crippen LogP contribution < -0.4 is 10.6 Å². The van der Waals surface area contributed by atoms with Crippen molar-refractivity contribution in [1.29, 1.82) is 0 Å².